The molecule has 7 nitrogen and oxygen atoms in total. The first-order chi connectivity index (χ1) is 18.3. The third kappa shape index (κ3) is 3.39. The Bertz CT molecular complexity index is 1780. The molecule has 0 amide bonds. The highest BCUT2D eigenvalue weighted by atomic mass is 35.5. The van der Waals surface area contributed by atoms with E-state index in [4.69, 9.17) is 11.6 Å². The minimum atomic E-state index is -1.09. The van der Waals surface area contributed by atoms with Gasteiger partial charge in [-0.2, -0.15) is 9.07 Å². The molecular weight excluding hydrogens is 517 g/mol. The van der Waals surface area contributed by atoms with Crippen molar-refractivity contribution in [2.75, 3.05) is 0 Å². The van der Waals surface area contributed by atoms with Gasteiger partial charge in [0.25, 0.3) is 5.56 Å². The van der Waals surface area contributed by atoms with E-state index in [1.165, 1.54) is 36.1 Å². The summed E-state index contributed by atoms with van der Waals surface area (Å²) in [6.07, 6.45) is 2.29. The van der Waals surface area contributed by atoms with Gasteiger partial charge in [-0.15, -0.1) is 5.10 Å². The van der Waals surface area contributed by atoms with Crippen LogP contribution >= 0.6 is 11.6 Å². The highest BCUT2D eigenvalue weighted by Crippen LogP contribution is 2.60. The molecule has 190 valence electrons. The highest BCUT2D eigenvalue weighted by molar-refractivity contribution is 6.31. The predicted octanol–water partition coefficient (Wildman–Crippen LogP) is 5.57. The molecule has 4 heterocycles. The van der Waals surface area contributed by atoms with Crippen molar-refractivity contribution in [1.29, 1.82) is 0 Å². The van der Waals surface area contributed by atoms with Gasteiger partial charge in [0.15, 0.2) is 11.6 Å². The van der Waals surface area contributed by atoms with Gasteiger partial charge in [0, 0.05) is 51.5 Å². The molecule has 38 heavy (non-hydrogen) atoms. The highest BCUT2D eigenvalue weighted by Gasteiger charge is 2.55. The maximum absolute atomic E-state index is 15.0. The van der Waals surface area contributed by atoms with Crippen molar-refractivity contribution in [3.8, 4) is 16.8 Å². The lowest BCUT2D eigenvalue weighted by atomic mass is 9.96. The average Bonchev–Trinajstić information content (AvgIpc) is 3.20. The molecule has 0 spiro atoms. The van der Waals surface area contributed by atoms with E-state index in [0.717, 1.165) is 12.1 Å². The molecule has 2 aromatic heterocycles. The van der Waals surface area contributed by atoms with Gasteiger partial charge in [-0.3, -0.25) is 4.79 Å². The predicted molar refractivity (Wildman–Crippen MR) is 135 cm³/mol. The number of aliphatic imine (C=N–C) groups is 1. The van der Waals surface area contributed by atoms with Crippen molar-refractivity contribution in [1.82, 2.24) is 24.8 Å². The second-order valence-corrected chi connectivity index (χ2v) is 10.3. The Hall–Kier alpha value is -4.05. The van der Waals surface area contributed by atoms with Crippen LogP contribution < -0.4 is 5.56 Å². The number of hydrogen-bond donors (Lipinski definition) is 0. The molecule has 2 aliphatic heterocycles. The van der Waals surface area contributed by atoms with Crippen LogP contribution in [0.5, 0.6) is 0 Å². The fourth-order valence-electron chi connectivity index (χ4n) is 5.78. The van der Waals surface area contributed by atoms with Gasteiger partial charge in [0.05, 0.1) is 11.7 Å². The third-order valence-electron chi connectivity index (χ3n) is 7.66. The molecule has 4 aromatic rings. The summed E-state index contributed by atoms with van der Waals surface area (Å²) in [5.41, 5.74) is 3.01. The van der Waals surface area contributed by atoms with E-state index in [1.807, 2.05) is 6.07 Å². The molecule has 1 fully saturated rings. The Labute approximate surface area is 218 Å². The minimum absolute atomic E-state index is 0.00303. The van der Waals surface area contributed by atoms with Crippen molar-refractivity contribution in [2.45, 2.75) is 31.7 Å². The normalized spacial score (nSPS) is 21.5. The SMILES string of the molecule is Cc1ccc(C2=C(F)N=C(C3C4CC4c4cc(-c5cc(Cl)ccc5-n5cnnn5)cc(=O)n43)C2)c(F)c1F. The first-order valence-corrected chi connectivity index (χ1v) is 12.4. The lowest BCUT2D eigenvalue weighted by Crippen LogP contribution is -2.29. The summed E-state index contributed by atoms with van der Waals surface area (Å²) >= 11 is 6.29. The Morgan fingerprint density at radius 3 is 2.66 bits per heavy atom. The maximum Gasteiger partial charge on any atom is 0.251 e. The Morgan fingerprint density at radius 1 is 1.03 bits per heavy atom. The van der Waals surface area contributed by atoms with E-state index in [-0.39, 0.29) is 40.5 Å². The van der Waals surface area contributed by atoms with Crippen LogP contribution in [0.2, 0.25) is 5.02 Å². The van der Waals surface area contributed by atoms with E-state index in [2.05, 4.69) is 20.5 Å². The number of hydrogen-bond acceptors (Lipinski definition) is 5. The smallest absolute Gasteiger partial charge is 0.251 e. The second-order valence-electron chi connectivity index (χ2n) is 9.85. The van der Waals surface area contributed by atoms with Crippen LogP contribution in [-0.2, 0) is 0 Å². The van der Waals surface area contributed by atoms with Gasteiger partial charge in [-0.1, -0.05) is 23.7 Å². The molecule has 3 aliphatic rings. The number of halogens is 4. The number of aromatic nitrogens is 5. The van der Waals surface area contributed by atoms with Gasteiger partial charge in [-0.05, 0) is 65.1 Å². The van der Waals surface area contributed by atoms with Crippen molar-refractivity contribution in [3.63, 3.8) is 0 Å². The van der Waals surface area contributed by atoms with Gasteiger partial charge >= 0.3 is 0 Å². The maximum atomic E-state index is 15.0. The molecule has 7 rings (SSSR count). The molecule has 0 bridgehead atoms. The molecule has 0 N–H and O–H groups in total. The zero-order valence-corrected chi connectivity index (χ0v) is 20.6. The average molecular weight is 535 g/mol. The molecule has 3 unspecified atom stereocenters. The fraction of sp³-hybridized carbons (Fsp3) is 0.222. The summed E-state index contributed by atoms with van der Waals surface area (Å²) in [7, 11) is 0. The number of nitrogens with zero attached hydrogens (tertiary/aromatic N) is 6. The number of benzene rings is 2. The van der Waals surface area contributed by atoms with E-state index in [1.54, 1.807) is 22.8 Å². The van der Waals surface area contributed by atoms with Gasteiger partial charge < -0.3 is 4.57 Å². The van der Waals surface area contributed by atoms with Crippen molar-refractivity contribution in [3.05, 3.63) is 98.6 Å². The fourth-order valence-corrected chi connectivity index (χ4v) is 5.96. The molecule has 0 radical (unpaired) electrons. The summed E-state index contributed by atoms with van der Waals surface area (Å²) < 4.78 is 47.0. The second kappa shape index (κ2) is 8.22. The van der Waals surface area contributed by atoms with E-state index in [0.29, 0.717) is 27.5 Å². The molecule has 1 aliphatic carbocycles. The topological polar surface area (TPSA) is 78.0 Å². The summed E-state index contributed by atoms with van der Waals surface area (Å²) in [6, 6.07) is 11.0. The lowest BCUT2D eigenvalue weighted by molar-refractivity contribution is 0.500. The summed E-state index contributed by atoms with van der Waals surface area (Å²) in [6.45, 7) is 1.45. The lowest BCUT2D eigenvalue weighted by Gasteiger charge is -2.20. The Balaban J connectivity index is 1.27. The summed E-state index contributed by atoms with van der Waals surface area (Å²) in [4.78, 5) is 17.6. The summed E-state index contributed by atoms with van der Waals surface area (Å²) in [5.74, 6) is -2.74. The van der Waals surface area contributed by atoms with Crippen LogP contribution in [-0.4, -0.2) is 30.5 Å². The Kier molecular flexibility index (Phi) is 5.00. The molecule has 3 atom stereocenters. The van der Waals surface area contributed by atoms with Crippen LogP contribution in [0.4, 0.5) is 13.2 Å². The van der Waals surface area contributed by atoms with Crippen molar-refractivity contribution in [2.24, 2.45) is 10.9 Å². The van der Waals surface area contributed by atoms with Crippen LogP contribution in [0, 0.1) is 24.5 Å². The zero-order valence-electron chi connectivity index (χ0n) is 19.9. The molecule has 11 heteroatoms. The number of aryl methyl sites for hydroxylation is 1. The number of allylic oxidation sites excluding steroid dienone is 1. The minimum Gasteiger partial charge on any atom is -0.303 e. The monoisotopic (exact) mass is 534 g/mol. The first kappa shape index (κ1) is 23.1. The molecule has 0 saturated heterocycles. The Morgan fingerprint density at radius 2 is 1.87 bits per heavy atom. The number of tetrazole rings is 1. The van der Waals surface area contributed by atoms with Crippen LogP contribution in [0.25, 0.3) is 22.4 Å². The largest absolute Gasteiger partial charge is 0.303 e. The van der Waals surface area contributed by atoms with Crippen molar-refractivity contribution >= 4 is 22.9 Å². The first-order valence-electron chi connectivity index (χ1n) is 12.0. The molecular formula is C27H18ClF3N6O. The standard InChI is InChI=1S/C27H18ClF3N6O/c1-12-2-4-15(25(30)24(12)29)19-10-20(33-27(19)31)26-18-9-17(18)22-6-13(7-23(38)37(22)26)16-8-14(28)3-5-21(16)36-11-32-34-35-36/h2-8,11,17-18,26H,9-10H2,1H3. The number of pyridine rings is 1. The third-order valence-corrected chi connectivity index (χ3v) is 7.89. The molecule has 2 aromatic carbocycles. The van der Waals surface area contributed by atoms with Gasteiger partial charge in [-0.25, -0.2) is 13.8 Å². The van der Waals surface area contributed by atoms with E-state index in [9.17, 15) is 18.0 Å². The van der Waals surface area contributed by atoms with Crippen LogP contribution in [0.1, 0.15) is 41.6 Å². The van der Waals surface area contributed by atoms with Crippen LogP contribution in [0.3, 0.4) is 0 Å². The zero-order chi connectivity index (χ0) is 26.3. The number of rotatable bonds is 4. The molecule has 1 saturated carbocycles. The van der Waals surface area contributed by atoms with Gasteiger partial charge in [0.2, 0.25) is 5.95 Å². The summed E-state index contributed by atoms with van der Waals surface area (Å²) in [5, 5.41) is 11.8. The number of fused-ring (bicyclic) bond motifs is 3. The quantitative estimate of drug-likeness (QED) is 0.321. The van der Waals surface area contributed by atoms with E-state index >= 15 is 0 Å². The van der Waals surface area contributed by atoms with Crippen molar-refractivity contribution < 1.29 is 13.2 Å². The van der Waals surface area contributed by atoms with Gasteiger partial charge in [0.1, 0.15) is 6.33 Å². The van der Waals surface area contributed by atoms with Crippen LogP contribution in [0.15, 0.2) is 64.5 Å². The van der Waals surface area contributed by atoms with E-state index < -0.39 is 23.6 Å².